The molecule has 1 saturated heterocycles. The molecule has 0 aliphatic carbocycles. The number of likely N-dealkylation sites (tertiary alicyclic amines) is 1. The Hall–Kier alpha value is -2.25. The zero-order chi connectivity index (χ0) is 19.7. The summed E-state index contributed by atoms with van der Waals surface area (Å²) >= 11 is 1.62. The number of amides is 1. The number of piperidine rings is 1. The van der Waals surface area contributed by atoms with Crippen LogP contribution in [-0.4, -0.2) is 42.5 Å². The van der Waals surface area contributed by atoms with E-state index in [1.54, 1.807) is 40.5 Å². The van der Waals surface area contributed by atoms with Crippen LogP contribution in [0.1, 0.15) is 35.1 Å². The van der Waals surface area contributed by atoms with Crippen molar-refractivity contribution in [1.29, 1.82) is 0 Å². The number of carbonyl (C=O) groups excluding carboxylic acids is 1. The van der Waals surface area contributed by atoms with Crippen LogP contribution in [0, 0.1) is 0 Å². The molecule has 1 fully saturated rings. The first kappa shape index (κ1) is 19.1. The summed E-state index contributed by atoms with van der Waals surface area (Å²) in [4.78, 5) is 19.6. The van der Waals surface area contributed by atoms with Gasteiger partial charge in [0.1, 0.15) is 0 Å². The molecule has 3 aromatic rings. The SMILES string of the molecule is CCc1nc2ccc(C(=O)N3CCC(S(=O)(=O)c4ccccc4)CC3)cc2s1. The Balaban J connectivity index is 1.47. The van der Waals surface area contributed by atoms with Crippen molar-refractivity contribution in [3.05, 3.63) is 59.1 Å². The molecule has 0 saturated carbocycles. The van der Waals surface area contributed by atoms with Crippen LogP contribution in [0.5, 0.6) is 0 Å². The Morgan fingerprint density at radius 1 is 1.14 bits per heavy atom. The summed E-state index contributed by atoms with van der Waals surface area (Å²) in [6.07, 6.45) is 1.81. The van der Waals surface area contributed by atoms with E-state index < -0.39 is 15.1 Å². The van der Waals surface area contributed by atoms with Gasteiger partial charge in [-0.25, -0.2) is 13.4 Å². The average Bonchev–Trinajstić information content (AvgIpc) is 3.16. The van der Waals surface area contributed by atoms with Gasteiger partial charge in [-0.15, -0.1) is 11.3 Å². The molecule has 5 nitrogen and oxygen atoms in total. The maximum absolute atomic E-state index is 12.9. The highest BCUT2D eigenvalue weighted by atomic mass is 32.2. The summed E-state index contributed by atoms with van der Waals surface area (Å²) in [6.45, 7) is 2.98. The molecule has 28 heavy (non-hydrogen) atoms. The van der Waals surface area contributed by atoms with E-state index in [0.29, 0.717) is 36.4 Å². The maximum Gasteiger partial charge on any atom is 0.253 e. The molecule has 0 spiro atoms. The molecule has 1 aromatic heterocycles. The quantitative estimate of drug-likeness (QED) is 0.649. The minimum absolute atomic E-state index is 0.0380. The van der Waals surface area contributed by atoms with Gasteiger partial charge >= 0.3 is 0 Å². The van der Waals surface area contributed by atoms with Gasteiger partial charge in [-0.05, 0) is 49.6 Å². The maximum atomic E-state index is 12.9. The highest BCUT2D eigenvalue weighted by molar-refractivity contribution is 7.92. The molecule has 0 unspecified atom stereocenters. The van der Waals surface area contributed by atoms with Gasteiger partial charge in [0.25, 0.3) is 5.91 Å². The molecule has 1 aliphatic rings. The third kappa shape index (κ3) is 3.56. The molecule has 0 atom stereocenters. The van der Waals surface area contributed by atoms with Gasteiger partial charge in [-0.2, -0.15) is 0 Å². The topological polar surface area (TPSA) is 67.3 Å². The van der Waals surface area contributed by atoms with Gasteiger partial charge in [-0.1, -0.05) is 25.1 Å². The van der Waals surface area contributed by atoms with Crippen molar-refractivity contribution in [2.24, 2.45) is 0 Å². The van der Waals surface area contributed by atoms with E-state index in [4.69, 9.17) is 0 Å². The Morgan fingerprint density at radius 2 is 1.86 bits per heavy atom. The lowest BCUT2D eigenvalue weighted by molar-refractivity contribution is 0.0726. The number of nitrogens with zero attached hydrogens (tertiary/aromatic N) is 2. The Labute approximate surface area is 168 Å². The number of rotatable bonds is 4. The summed E-state index contributed by atoms with van der Waals surface area (Å²) in [5.41, 5.74) is 1.56. The Kier molecular flexibility index (Phi) is 5.21. The minimum Gasteiger partial charge on any atom is -0.339 e. The smallest absolute Gasteiger partial charge is 0.253 e. The van der Waals surface area contributed by atoms with Gasteiger partial charge in [0.15, 0.2) is 9.84 Å². The second kappa shape index (κ2) is 7.64. The summed E-state index contributed by atoms with van der Waals surface area (Å²) in [6, 6.07) is 14.2. The molecule has 146 valence electrons. The second-order valence-corrected chi connectivity index (χ2v) is 10.3. The highest BCUT2D eigenvalue weighted by Crippen LogP contribution is 2.27. The van der Waals surface area contributed by atoms with E-state index in [-0.39, 0.29) is 5.91 Å². The fourth-order valence-corrected chi connectivity index (χ4v) is 6.31. The number of aromatic nitrogens is 1. The van der Waals surface area contributed by atoms with E-state index in [1.165, 1.54) is 0 Å². The van der Waals surface area contributed by atoms with Crippen LogP contribution in [-0.2, 0) is 16.3 Å². The molecule has 2 heterocycles. The van der Waals surface area contributed by atoms with Gasteiger partial charge in [0.05, 0.1) is 25.4 Å². The van der Waals surface area contributed by atoms with Crippen molar-refractivity contribution in [2.75, 3.05) is 13.1 Å². The highest BCUT2D eigenvalue weighted by Gasteiger charge is 2.32. The normalized spacial score (nSPS) is 15.8. The number of carbonyl (C=O) groups is 1. The van der Waals surface area contributed by atoms with Gasteiger partial charge in [-0.3, -0.25) is 4.79 Å². The second-order valence-electron chi connectivity index (χ2n) is 6.99. The number of benzene rings is 2. The lowest BCUT2D eigenvalue weighted by Crippen LogP contribution is -2.42. The zero-order valence-electron chi connectivity index (χ0n) is 15.7. The first-order chi connectivity index (χ1) is 13.5. The van der Waals surface area contributed by atoms with Gasteiger partial charge in [0.2, 0.25) is 0 Å². The van der Waals surface area contributed by atoms with Crippen molar-refractivity contribution in [3.63, 3.8) is 0 Å². The third-order valence-corrected chi connectivity index (χ3v) is 8.66. The molecular formula is C21H22N2O3S2. The van der Waals surface area contributed by atoms with E-state index in [9.17, 15) is 13.2 Å². The first-order valence-electron chi connectivity index (χ1n) is 9.46. The van der Waals surface area contributed by atoms with Crippen molar-refractivity contribution in [3.8, 4) is 0 Å². The molecule has 1 amide bonds. The molecule has 2 aromatic carbocycles. The van der Waals surface area contributed by atoms with Crippen LogP contribution in [0.25, 0.3) is 10.2 Å². The van der Waals surface area contributed by atoms with E-state index in [2.05, 4.69) is 11.9 Å². The minimum atomic E-state index is -3.35. The standard InChI is InChI=1S/C21H22N2O3S2/c1-2-20-22-18-9-8-15(14-19(18)27-20)21(24)23-12-10-17(11-13-23)28(25,26)16-6-4-3-5-7-16/h3-9,14,17H,2,10-13H2,1H3. The molecule has 4 rings (SSSR count). The van der Waals surface area contributed by atoms with Crippen molar-refractivity contribution >= 4 is 37.3 Å². The molecule has 7 heteroatoms. The Morgan fingerprint density at radius 3 is 2.54 bits per heavy atom. The molecular weight excluding hydrogens is 392 g/mol. The van der Waals surface area contributed by atoms with Crippen LogP contribution < -0.4 is 0 Å². The lowest BCUT2D eigenvalue weighted by atomic mass is 10.1. The van der Waals surface area contributed by atoms with Crippen LogP contribution >= 0.6 is 11.3 Å². The third-order valence-electron chi connectivity index (χ3n) is 5.22. The van der Waals surface area contributed by atoms with Crippen LogP contribution in [0.4, 0.5) is 0 Å². The Bertz CT molecular complexity index is 1100. The summed E-state index contributed by atoms with van der Waals surface area (Å²) < 4.78 is 26.6. The largest absolute Gasteiger partial charge is 0.339 e. The van der Waals surface area contributed by atoms with Crippen molar-refractivity contribution < 1.29 is 13.2 Å². The van der Waals surface area contributed by atoms with Gasteiger partial charge in [0, 0.05) is 18.7 Å². The molecule has 0 bridgehead atoms. The summed E-state index contributed by atoms with van der Waals surface area (Å²) in [5.74, 6) is -0.0380. The molecule has 1 aliphatic heterocycles. The fraction of sp³-hybridized carbons (Fsp3) is 0.333. The van der Waals surface area contributed by atoms with Crippen molar-refractivity contribution in [1.82, 2.24) is 9.88 Å². The number of thiazole rings is 1. The zero-order valence-corrected chi connectivity index (χ0v) is 17.3. The predicted molar refractivity (Wildman–Crippen MR) is 112 cm³/mol. The summed E-state index contributed by atoms with van der Waals surface area (Å²) in [5, 5.41) is 0.626. The number of hydrogen-bond acceptors (Lipinski definition) is 5. The van der Waals surface area contributed by atoms with Crippen LogP contribution in [0.3, 0.4) is 0 Å². The van der Waals surface area contributed by atoms with Crippen LogP contribution in [0.2, 0.25) is 0 Å². The lowest BCUT2D eigenvalue weighted by Gasteiger charge is -2.31. The predicted octanol–water partition coefficient (Wildman–Crippen LogP) is 3.94. The molecule has 0 N–H and O–H groups in total. The fourth-order valence-electron chi connectivity index (χ4n) is 3.61. The molecule has 0 radical (unpaired) electrons. The monoisotopic (exact) mass is 414 g/mol. The van der Waals surface area contributed by atoms with E-state index in [0.717, 1.165) is 21.6 Å². The number of fused-ring (bicyclic) bond motifs is 1. The first-order valence-corrected chi connectivity index (χ1v) is 11.8. The van der Waals surface area contributed by atoms with Gasteiger partial charge < -0.3 is 4.90 Å². The van der Waals surface area contributed by atoms with Crippen LogP contribution in [0.15, 0.2) is 53.4 Å². The average molecular weight is 415 g/mol. The number of hydrogen-bond donors (Lipinski definition) is 0. The number of aryl methyl sites for hydroxylation is 1. The van der Waals surface area contributed by atoms with E-state index >= 15 is 0 Å². The number of sulfone groups is 1. The van der Waals surface area contributed by atoms with E-state index in [1.807, 2.05) is 24.3 Å². The summed E-state index contributed by atoms with van der Waals surface area (Å²) in [7, 11) is -3.35. The van der Waals surface area contributed by atoms with Crippen molar-refractivity contribution in [2.45, 2.75) is 36.3 Å².